The molecule has 5 rings (SSSR count). The topological polar surface area (TPSA) is 106 Å². The molecule has 0 aromatic heterocycles. The van der Waals surface area contributed by atoms with Crippen LogP contribution in [0.3, 0.4) is 0 Å². The van der Waals surface area contributed by atoms with E-state index in [9.17, 15) is 19.5 Å². The molecule has 2 aliphatic heterocycles. The third-order valence-corrected chi connectivity index (χ3v) is 6.57. The zero-order valence-electron chi connectivity index (χ0n) is 19.3. The van der Waals surface area contributed by atoms with Gasteiger partial charge in [-0.3, -0.25) is 14.4 Å². The van der Waals surface area contributed by atoms with Gasteiger partial charge in [0, 0.05) is 5.02 Å². The van der Waals surface area contributed by atoms with Crippen LogP contribution in [0.15, 0.2) is 66.7 Å². The molecule has 3 atom stereocenters. The Bertz CT molecular complexity index is 1350. The van der Waals surface area contributed by atoms with Crippen LogP contribution in [0.5, 0.6) is 11.5 Å². The molecular weight excluding hydrogens is 488 g/mol. The number of rotatable bonds is 6. The summed E-state index contributed by atoms with van der Waals surface area (Å²) in [5, 5.41) is 12.0. The fourth-order valence-electron chi connectivity index (χ4n) is 4.78. The van der Waals surface area contributed by atoms with E-state index in [2.05, 4.69) is 0 Å². The van der Waals surface area contributed by atoms with Crippen LogP contribution in [-0.4, -0.2) is 43.2 Å². The maximum atomic E-state index is 13.8. The number of hydrogen-bond donors (Lipinski definition) is 1. The van der Waals surface area contributed by atoms with E-state index in [-0.39, 0.29) is 22.6 Å². The monoisotopic (exact) mass is 508 g/mol. The highest BCUT2D eigenvalue weighted by molar-refractivity contribution is 6.31. The summed E-state index contributed by atoms with van der Waals surface area (Å²) in [6.07, 6.45) is -1.16. The number of carbonyl (C=O) groups is 3. The number of fused-ring (bicyclic) bond motifs is 1. The first-order chi connectivity index (χ1) is 17.4. The Hall–Kier alpha value is -4.08. The number of benzene rings is 3. The first-order valence-electron chi connectivity index (χ1n) is 11.0. The Balaban J connectivity index is 1.68. The van der Waals surface area contributed by atoms with Crippen molar-refractivity contribution in [2.24, 2.45) is 5.92 Å². The van der Waals surface area contributed by atoms with Crippen LogP contribution in [0, 0.1) is 5.92 Å². The number of carboxylic acids is 1. The standard InChI is InChI=1S/C26H21ClN2O7/c1-34-18-13-12-17(19(26(32)33)22(18)35-2)21-20-23(36-29(21)16-6-4-3-5-7-16)25(31)28(24(20)30)15-10-8-14(27)9-11-15/h3-13,20-21,23H,1-2H3,(H,32,33)/t20-,21-,23-/m1/s1. The van der Waals surface area contributed by atoms with Crippen molar-refractivity contribution in [3.05, 3.63) is 82.9 Å². The lowest BCUT2D eigenvalue weighted by atomic mass is 9.87. The maximum Gasteiger partial charge on any atom is 0.339 e. The van der Waals surface area contributed by atoms with Crippen molar-refractivity contribution >= 4 is 40.8 Å². The number of carboxylic acid groups (broad SMARTS) is 1. The molecule has 3 aromatic rings. The highest BCUT2D eigenvalue weighted by atomic mass is 35.5. The van der Waals surface area contributed by atoms with Gasteiger partial charge in [-0.2, -0.15) is 0 Å². The van der Waals surface area contributed by atoms with Crippen molar-refractivity contribution in [3.63, 3.8) is 0 Å². The van der Waals surface area contributed by atoms with Gasteiger partial charge >= 0.3 is 5.97 Å². The number of amides is 2. The number of nitrogens with zero attached hydrogens (tertiary/aromatic N) is 2. The van der Waals surface area contributed by atoms with E-state index in [4.69, 9.17) is 25.9 Å². The number of imide groups is 1. The molecule has 36 heavy (non-hydrogen) atoms. The van der Waals surface area contributed by atoms with Crippen LogP contribution in [0.4, 0.5) is 11.4 Å². The Labute approximate surface area is 211 Å². The normalized spacial score (nSPS) is 21.0. The van der Waals surface area contributed by atoms with Crippen LogP contribution in [0.2, 0.25) is 5.02 Å². The molecule has 2 saturated heterocycles. The molecule has 0 bridgehead atoms. The molecule has 10 heteroatoms. The molecule has 2 aliphatic rings. The van der Waals surface area contributed by atoms with Crippen molar-refractivity contribution in [1.82, 2.24) is 0 Å². The summed E-state index contributed by atoms with van der Waals surface area (Å²) in [6, 6.07) is 17.3. The molecule has 2 amide bonds. The summed E-state index contributed by atoms with van der Waals surface area (Å²) in [5.41, 5.74) is 0.970. The fourth-order valence-corrected chi connectivity index (χ4v) is 4.91. The number of carbonyl (C=O) groups excluding carboxylic acids is 2. The first kappa shape index (κ1) is 23.7. The lowest BCUT2D eigenvalue weighted by molar-refractivity contribution is -0.126. The van der Waals surface area contributed by atoms with Gasteiger partial charge in [0.25, 0.3) is 5.91 Å². The molecule has 2 fully saturated rings. The predicted octanol–water partition coefficient (Wildman–Crippen LogP) is 4.11. The van der Waals surface area contributed by atoms with E-state index in [1.165, 1.54) is 19.3 Å². The van der Waals surface area contributed by atoms with Gasteiger partial charge in [-0.05, 0) is 48.0 Å². The van der Waals surface area contributed by atoms with Crippen LogP contribution >= 0.6 is 11.6 Å². The van der Waals surface area contributed by atoms with E-state index >= 15 is 0 Å². The average Bonchev–Trinajstić information content (AvgIpc) is 3.39. The van der Waals surface area contributed by atoms with Gasteiger partial charge in [-0.15, -0.1) is 0 Å². The zero-order valence-corrected chi connectivity index (χ0v) is 20.0. The molecule has 0 radical (unpaired) electrons. The highest BCUT2D eigenvalue weighted by Crippen LogP contribution is 2.50. The minimum atomic E-state index is -1.27. The van der Waals surface area contributed by atoms with Gasteiger partial charge in [0.15, 0.2) is 17.6 Å². The molecule has 0 saturated carbocycles. The van der Waals surface area contributed by atoms with E-state index in [0.29, 0.717) is 16.4 Å². The van der Waals surface area contributed by atoms with Gasteiger partial charge in [0.05, 0.1) is 31.6 Å². The third-order valence-electron chi connectivity index (χ3n) is 6.32. The molecule has 2 heterocycles. The molecule has 9 nitrogen and oxygen atoms in total. The van der Waals surface area contributed by atoms with Crippen molar-refractivity contribution in [1.29, 1.82) is 0 Å². The summed E-state index contributed by atoms with van der Waals surface area (Å²) < 4.78 is 10.7. The smallest absolute Gasteiger partial charge is 0.339 e. The van der Waals surface area contributed by atoms with Crippen molar-refractivity contribution in [2.45, 2.75) is 12.1 Å². The number of halogens is 1. The highest BCUT2D eigenvalue weighted by Gasteiger charge is 2.61. The lowest BCUT2D eigenvalue weighted by Crippen LogP contribution is -2.37. The average molecular weight is 509 g/mol. The molecule has 0 unspecified atom stereocenters. The molecular formula is C26H21ClN2O7. The minimum absolute atomic E-state index is 0.00490. The summed E-state index contributed by atoms with van der Waals surface area (Å²) in [7, 11) is 2.74. The minimum Gasteiger partial charge on any atom is -0.493 e. The van der Waals surface area contributed by atoms with Gasteiger partial charge in [-0.25, -0.2) is 14.8 Å². The second kappa shape index (κ2) is 9.18. The van der Waals surface area contributed by atoms with Gasteiger partial charge < -0.3 is 14.6 Å². The number of ether oxygens (including phenoxy) is 2. The van der Waals surface area contributed by atoms with Crippen LogP contribution < -0.4 is 19.4 Å². The van der Waals surface area contributed by atoms with Gasteiger partial charge in [-0.1, -0.05) is 35.9 Å². The first-order valence-corrected chi connectivity index (χ1v) is 11.4. The molecule has 184 valence electrons. The summed E-state index contributed by atoms with van der Waals surface area (Å²) in [6.45, 7) is 0. The van der Waals surface area contributed by atoms with E-state index in [0.717, 1.165) is 4.90 Å². The van der Waals surface area contributed by atoms with Crippen LogP contribution in [-0.2, 0) is 14.4 Å². The van der Waals surface area contributed by atoms with E-state index in [1.54, 1.807) is 60.7 Å². The number of para-hydroxylation sites is 1. The van der Waals surface area contributed by atoms with Crippen LogP contribution in [0.25, 0.3) is 0 Å². The Kier molecular flexibility index (Phi) is 6.03. The molecule has 0 aliphatic carbocycles. The van der Waals surface area contributed by atoms with Crippen LogP contribution in [0.1, 0.15) is 22.0 Å². The quantitative estimate of drug-likeness (QED) is 0.496. The largest absolute Gasteiger partial charge is 0.493 e. The second-order valence-corrected chi connectivity index (χ2v) is 8.65. The van der Waals surface area contributed by atoms with Gasteiger partial charge in [0.2, 0.25) is 5.91 Å². The number of methoxy groups -OCH3 is 2. The number of aromatic carboxylic acids is 1. The molecule has 0 spiro atoms. The number of hydroxylamine groups is 1. The number of hydrogen-bond acceptors (Lipinski definition) is 7. The molecule has 3 aromatic carbocycles. The fraction of sp³-hybridized carbons (Fsp3) is 0.192. The predicted molar refractivity (Wildman–Crippen MR) is 130 cm³/mol. The third kappa shape index (κ3) is 3.64. The molecule has 1 N–H and O–H groups in total. The lowest BCUT2D eigenvalue weighted by Gasteiger charge is -2.30. The summed E-state index contributed by atoms with van der Waals surface area (Å²) in [5.74, 6) is -3.13. The van der Waals surface area contributed by atoms with Crippen molar-refractivity contribution in [3.8, 4) is 11.5 Å². The number of anilines is 2. The summed E-state index contributed by atoms with van der Waals surface area (Å²) in [4.78, 5) is 46.8. The summed E-state index contributed by atoms with van der Waals surface area (Å²) >= 11 is 5.98. The Morgan fingerprint density at radius 1 is 0.917 bits per heavy atom. The van der Waals surface area contributed by atoms with Crippen molar-refractivity contribution < 1.29 is 33.8 Å². The van der Waals surface area contributed by atoms with Crippen molar-refractivity contribution in [2.75, 3.05) is 24.2 Å². The maximum absolute atomic E-state index is 13.8. The zero-order chi connectivity index (χ0) is 25.6. The Morgan fingerprint density at radius 2 is 1.61 bits per heavy atom. The second-order valence-electron chi connectivity index (χ2n) is 8.22. The van der Waals surface area contributed by atoms with Gasteiger partial charge in [0.1, 0.15) is 11.5 Å². The van der Waals surface area contributed by atoms with E-state index in [1.807, 2.05) is 6.07 Å². The van der Waals surface area contributed by atoms with E-state index < -0.39 is 35.8 Å². The Morgan fingerprint density at radius 3 is 2.22 bits per heavy atom. The SMILES string of the molecule is COc1ccc([C@@H]2[C@H]3C(=O)N(c4ccc(Cl)cc4)C(=O)[C@@H]3ON2c2ccccc2)c(C(=O)O)c1OC.